The third kappa shape index (κ3) is 3.60. The van der Waals surface area contributed by atoms with Crippen molar-refractivity contribution in [2.75, 3.05) is 31.1 Å². The Labute approximate surface area is 167 Å². The van der Waals surface area contributed by atoms with Crippen molar-refractivity contribution in [1.82, 2.24) is 18.8 Å². The first-order chi connectivity index (χ1) is 13.4. The van der Waals surface area contributed by atoms with E-state index in [1.54, 1.807) is 0 Å². The molecule has 0 unspecified atom stereocenters. The van der Waals surface area contributed by atoms with Crippen LogP contribution in [0.5, 0.6) is 0 Å². The molecule has 0 aliphatic carbocycles. The minimum atomic E-state index is -3.73. The molecular formula is C18H17ClFN5O2S. The summed E-state index contributed by atoms with van der Waals surface area (Å²) in [7, 11) is -3.73. The largest absolute Gasteiger partial charge is 0.354 e. The van der Waals surface area contributed by atoms with E-state index in [9.17, 15) is 12.8 Å². The summed E-state index contributed by atoms with van der Waals surface area (Å²) >= 11 is 5.74. The topological polar surface area (TPSA) is 71.3 Å². The minimum Gasteiger partial charge on any atom is -0.354 e. The summed E-state index contributed by atoms with van der Waals surface area (Å²) in [5.74, 6) is 0.833. The molecule has 0 bridgehead atoms. The van der Waals surface area contributed by atoms with Crippen molar-refractivity contribution in [2.24, 2.45) is 0 Å². The second-order valence-corrected chi connectivity index (χ2v) is 8.64. The van der Waals surface area contributed by atoms with E-state index < -0.39 is 15.8 Å². The molecular weight excluding hydrogens is 405 g/mol. The second kappa shape index (κ2) is 7.50. The van der Waals surface area contributed by atoms with E-state index in [1.165, 1.54) is 16.7 Å². The van der Waals surface area contributed by atoms with Gasteiger partial charge in [-0.1, -0.05) is 11.6 Å². The Kier molecular flexibility index (Phi) is 5.05. The Balaban J connectivity index is 1.49. The molecule has 146 valence electrons. The van der Waals surface area contributed by atoms with Crippen LogP contribution >= 0.6 is 11.6 Å². The SMILES string of the molecule is O=S(=O)(c1ccc(F)c(Cl)c1)N1CCN(c2cc(-n3cccc3)ncn2)CC1. The minimum absolute atomic E-state index is 0.00993. The van der Waals surface area contributed by atoms with E-state index in [0.29, 0.717) is 26.2 Å². The molecule has 0 radical (unpaired) electrons. The molecule has 0 N–H and O–H groups in total. The van der Waals surface area contributed by atoms with Crippen LogP contribution in [0.2, 0.25) is 5.02 Å². The van der Waals surface area contributed by atoms with Gasteiger partial charge in [-0.15, -0.1) is 0 Å². The maximum absolute atomic E-state index is 13.3. The highest BCUT2D eigenvalue weighted by Gasteiger charge is 2.29. The Morgan fingerprint density at radius 3 is 2.32 bits per heavy atom. The third-order valence-corrected chi connectivity index (χ3v) is 6.78. The van der Waals surface area contributed by atoms with Crippen molar-refractivity contribution in [1.29, 1.82) is 0 Å². The molecule has 0 atom stereocenters. The van der Waals surface area contributed by atoms with Gasteiger partial charge in [0.05, 0.1) is 9.92 Å². The fraction of sp³-hybridized carbons (Fsp3) is 0.222. The van der Waals surface area contributed by atoms with Crippen molar-refractivity contribution < 1.29 is 12.8 Å². The number of nitrogens with zero attached hydrogens (tertiary/aromatic N) is 5. The van der Waals surface area contributed by atoms with Gasteiger partial charge in [-0.2, -0.15) is 4.31 Å². The molecule has 1 aliphatic rings. The number of halogens is 2. The Bertz CT molecular complexity index is 1080. The molecule has 10 heteroatoms. The van der Waals surface area contributed by atoms with Crippen molar-refractivity contribution >= 4 is 27.4 Å². The molecule has 1 aliphatic heterocycles. The average Bonchev–Trinajstić information content (AvgIpc) is 3.25. The molecule has 2 aromatic heterocycles. The first kappa shape index (κ1) is 18.9. The summed E-state index contributed by atoms with van der Waals surface area (Å²) in [5, 5.41) is -0.210. The number of anilines is 1. The number of piperazine rings is 1. The van der Waals surface area contributed by atoms with Gasteiger partial charge in [-0.3, -0.25) is 0 Å². The summed E-state index contributed by atoms with van der Waals surface area (Å²) in [4.78, 5) is 10.6. The van der Waals surface area contributed by atoms with E-state index in [-0.39, 0.29) is 9.92 Å². The second-order valence-electron chi connectivity index (χ2n) is 6.29. The van der Waals surface area contributed by atoms with Crippen LogP contribution in [0, 0.1) is 5.82 Å². The highest BCUT2D eigenvalue weighted by molar-refractivity contribution is 7.89. The fourth-order valence-corrected chi connectivity index (χ4v) is 4.78. The van der Waals surface area contributed by atoms with Crippen molar-refractivity contribution in [3.05, 3.63) is 66.0 Å². The maximum atomic E-state index is 13.3. The van der Waals surface area contributed by atoms with Crippen LogP contribution < -0.4 is 4.90 Å². The number of aromatic nitrogens is 3. The molecule has 0 spiro atoms. The molecule has 1 fully saturated rings. The van der Waals surface area contributed by atoms with Crippen molar-refractivity contribution in [3.8, 4) is 5.82 Å². The lowest BCUT2D eigenvalue weighted by Gasteiger charge is -2.34. The molecule has 0 amide bonds. The van der Waals surface area contributed by atoms with Gasteiger partial charge in [0.1, 0.15) is 23.8 Å². The molecule has 1 aromatic carbocycles. The standard InChI is InChI=1S/C18H17ClFN5O2S/c19-15-11-14(3-4-16(15)20)28(26,27)25-9-7-24(8-10-25)18-12-17(21-13-22-18)23-5-1-2-6-23/h1-6,11-13H,7-10H2. The van der Waals surface area contributed by atoms with E-state index in [0.717, 1.165) is 23.8 Å². The van der Waals surface area contributed by atoms with Gasteiger partial charge in [0.2, 0.25) is 10.0 Å². The summed E-state index contributed by atoms with van der Waals surface area (Å²) in [6.07, 6.45) is 5.28. The van der Waals surface area contributed by atoms with Crippen LogP contribution in [-0.2, 0) is 10.0 Å². The average molecular weight is 422 g/mol. The first-order valence-electron chi connectivity index (χ1n) is 8.61. The van der Waals surface area contributed by atoms with Gasteiger partial charge in [0.25, 0.3) is 0 Å². The monoisotopic (exact) mass is 421 g/mol. The van der Waals surface area contributed by atoms with E-state index >= 15 is 0 Å². The van der Waals surface area contributed by atoms with Crippen molar-refractivity contribution in [3.63, 3.8) is 0 Å². The van der Waals surface area contributed by atoms with Crippen LogP contribution in [0.3, 0.4) is 0 Å². The zero-order chi connectivity index (χ0) is 19.7. The van der Waals surface area contributed by atoms with Crippen LogP contribution in [0.15, 0.2) is 60.0 Å². The third-order valence-electron chi connectivity index (χ3n) is 4.60. The lowest BCUT2D eigenvalue weighted by atomic mass is 10.3. The lowest BCUT2D eigenvalue weighted by molar-refractivity contribution is 0.383. The van der Waals surface area contributed by atoms with Gasteiger partial charge in [-0.05, 0) is 30.3 Å². The fourth-order valence-electron chi connectivity index (χ4n) is 3.08. The number of sulfonamides is 1. The molecule has 3 aromatic rings. The number of rotatable bonds is 4. The molecule has 7 nitrogen and oxygen atoms in total. The molecule has 4 rings (SSSR count). The van der Waals surface area contributed by atoms with Crippen molar-refractivity contribution in [2.45, 2.75) is 4.90 Å². The number of hydrogen-bond donors (Lipinski definition) is 0. The maximum Gasteiger partial charge on any atom is 0.243 e. The predicted octanol–water partition coefficient (Wildman–Crippen LogP) is 2.57. The highest BCUT2D eigenvalue weighted by atomic mass is 35.5. The van der Waals surface area contributed by atoms with E-state index in [4.69, 9.17) is 11.6 Å². The van der Waals surface area contributed by atoms with E-state index in [1.807, 2.05) is 40.1 Å². The quantitative estimate of drug-likeness (QED) is 0.647. The lowest BCUT2D eigenvalue weighted by Crippen LogP contribution is -2.49. The zero-order valence-electron chi connectivity index (χ0n) is 14.7. The molecule has 28 heavy (non-hydrogen) atoms. The molecule has 3 heterocycles. The van der Waals surface area contributed by atoms with Crippen LogP contribution in [0.1, 0.15) is 0 Å². The van der Waals surface area contributed by atoms with Gasteiger partial charge in [0.15, 0.2) is 0 Å². The molecule has 1 saturated heterocycles. The highest BCUT2D eigenvalue weighted by Crippen LogP contribution is 2.24. The van der Waals surface area contributed by atoms with Crippen LogP contribution in [0.25, 0.3) is 5.82 Å². The van der Waals surface area contributed by atoms with Gasteiger partial charge < -0.3 is 9.47 Å². The summed E-state index contributed by atoms with van der Waals surface area (Å²) in [5.41, 5.74) is 0. The van der Waals surface area contributed by atoms with Gasteiger partial charge in [0, 0.05) is 44.6 Å². The normalized spacial score (nSPS) is 15.7. The Morgan fingerprint density at radius 2 is 1.64 bits per heavy atom. The zero-order valence-corrected chi connectivity index (χ0v) is 16.3. The Morgan fingerprint density at radius 1 is 0.964 bits per heavy atom. The predicted molar refractivity (Wildman–Crippen MR) is 104 cm³/mol. The smallest absolute Gasteiger partial charge is 0.243 e. The van der Waals surface area contributed by atoms with Gasteiger partial charge >= 0.3 is 0 Å². The van der Waals surface area contributed by atoms with E-state index in [2.05, 4.69) is 9.97 Å². The molecule has 0 saturated carbocycles. The summed E-state index contributed by atoms with van der Waals surface area (Å²) in [6.45, 7) is 1.55. The summed E-state index contributed by atoms with van der Waals surface area (Å²) in [6, 6.07) is 9.13. The van der Waals surface area contributed by atoms with Gasteiger partial charge in [-0.25, -0.2) is 22.8 Å². The van der Waals surface area contributed by atoms with Crippen LogP contribution in [0.4, 0.5) is 10.2 Å². The number of benzene rings is 1. The Hall–Kier alpha value is -2.49. The van der Waals surface area contributed by atoms with Crippen LogP contribution in [-0.4, -0.2) is 53.4 Å². The number of hydrogen-bond acceptors (Lipinski definition) is 5. The summed E-state index contributed by atoms with van der Waals surface area (Å²) < 4.78 is 42.2. The first-order valence-corrected chi connectivity index (χ1v) is 10.4.